The van der Waals surface area contributed by atoms with E-state index in [1.165, 1.54) is 12.8 Å². The molecule has 3 N–H and O–H groups in total. The van der Waals surface area contributed by atoms with E-state index in [0.717, 1.165) is 5.56 Å². The molecule has 0 radical (unpaired) electrons. The molecule has 3 rings (SSSR count). The van der Waals surface area contributed by atoms with Crippen molar-refractivity contribution in [1.82, 2.24) is 10.2 Å². The molecule has 2 aliphatic rings. The molecule has 2 fully saturated rings. The third-order valence-electron chi connectivity index (χ3n) is 6.93. The molecule has 2 amide bonds. The zero-order chi connectivity index (χ0) is 26.0. The molecule has 9 nitrogen and oxygen atoms in total. The summed E-state index contributed by atoms with van der Waals surface area (Å²) in [5.41, 5.74) is -0.454. The van der Waals surface area contributed by atoms with Crippen LogP contribution in [0.5, 0.6) is 11.5 Å². The van der Waals surface area contributed by atoms with Crippen LogP contribution in [0.3, 0.4) is 0 Å². The first-order valence-corrected chi connectivity index (χ1v) is 12.3. The third-order valence-corrected chi connectivity index (χ3v) is 6.93. The molecule has 1 aromatic rings. The van der Waals surface area contributed by atoms with E-state index >= 15 is 0 Å². The van der Waals surface area contributed by atoms with Crippen LogP contribution in [0.1, 0.15) is 58.9 Å². The van der Waals surface area contributed by atoms with E-state index in [1.807, 2.05) is 25.1 Å². The molecule has 1 heterocycles. The Morgan fingerprint density at radius 3 is 2.49 bits per heavy atom. The lowest BCUT2D eigenvalue weighted by Gasteiger charge is -2.34. The summed E-state index contributed by atoms with van der Waals surface area (Å²) in [4.78, 5) is 27.1. The van der Waals surface area contributed by atoms with Gasteiger partial charge in [-0.15, -0.1) is 0 Å². The van der Waals surface area contributed by atoms with Crippen molar-refractivity contribution in [3.05, 3.63) is 23.8 Å². The summed E-state index contributed by atoms with van der Waals surface area (Å²) in [6, 6.07) is 4.58. The van der Waals surface area contributed by atoms with Crippen LogP contribution in [0, 0.1) is 11.3 Å². The average Bonchev–Trinajstić information content (AvgIpc) is 3.54. The number of nitrogens with one attached hydrogen (secondary N) is 1. The molecule has 0 spiro atoms. The maximum absolute atomic E-state index is 13.3. The molecule has 1 aliphatic carbocycles. The molecule has 1 saturated carbocycles. The second-order valence-corrected chi connectivity index (χ2v) is 11.0. The summed E-state index contributed by atoms with van der Waals surface area (Å²) in [7, 11) is 1.60. The molecule has 4 atom stereocenters. The van der Waals surface area contributed by atoms with Crippen LogP contribution >= 0.6 is 0 Å². The normalized spacial score (nSPS) is 24.0. The van der Waals surface area contributed by atoms with Gasteiger partial charge in [0.2, 0.25) is 5.91 Å². The standard InChI is InChI=1S/C26H40N2O7/c1-16(30)26(5)15-28(23(31)20(13-29)27-24(32)35-25(2,3)4)12-19(26)18-9-10-21(33-6)22(11-18)34-14-17-7-8-17/h9-11,16-17,19-20,29-30H,7-8,12-15H2,1-6H3,(H,27,32)/t16-,19+,20-,26?/m1/s1. The number of carbonyl (C=O) groups is 2. The first-order valence-electron chi connectivity index (χ1n) is 12.3. The summed E-state index contributed by atoms with van der Waals surface area (Å²) in [6.07, 6.45) is 0.859. The van der Waals surface area contributed by atoms with E-state index in [9.17, 15) is 19.8 Å². The first-order chi connectivity index (χ1) is 16.4. The highest BCUT2D eigenvalue weighted by atomic mass is 16.6. The van der Waals surface area contributed by atoms with Gasteiger partial charge in [-0.05, 0) is 64.2 Å². The first kappa shape index (κ1) is 27.1. The Morgan fingerprint density at radius 1 is 1.26 bits per heavy atom. The van der Waals surface area contributed by atoms with Gasteiger partial charge in [0, 0.05) is 24.4 Å². The van der Waals surface area contributed by atoms with Crippen molar-refractivity contribution >= 4 is 12.0 Å². The van der Waals surface area contributed by atoms with E-state index in [1.54, 1.807) is 39.7 Å². The third kappa shape index (κ3) is 6.58. The highest BCUT2D eigenvalue weighted by molar-refractivity contribution is 5.86. The number of likely N-dealkylation sites (tertiary alicyclic amines) is 1. The maximum atomic E-state index is 13.3. The van der Waals surface area contributed by atoms with E-state index in [2.05, 4.69) is 5.32 Å². The van der Waals surface area contributed by atoms with E-state index in [4.69, 9.17) is 14.2 Å². The molecule has 9 heteroatoms. The van der Waals surface area contributed by atoms with Crippen molar-refractivity contribution in [2.45, 2.75) is 71.1 Å². The minimum Gasteiger partial charge on any atom is -0.493 e. The summed E-state index contributed by atoms with van der Waals surface area (Å²) in [6.45, 7) is 9.49. The monoisotopic (exact) mass is 492 g/mol. The van der Waals surface area contributed by atoms with Gasteiger partial charge in [0.15, 0.2) is 11.5 Å². The van der Waals surface area contributed by atoms with Gasteiger partial charge in [0.05, 0.1) is 26.4 Å². The summed E-state index contributed by atoms with van der Waals surface area (Å²) in [5.74, 6) is 1.25. The van der Waals surface area contributed by atoms with E-state index in [0.29, 0.717) is 30.6 Å². The molecule has 0 aromatic heterocycles. The number of methoxy groups -OCH3 is 1. The zero-order valence-electron chi connectivity index (χ0n) is 21.7. The number of nitrogens with zero attached hydrogens (tertiary/aromatic N) is 1. The summed E-state index contributed by atoms with van der Waals surface area (Å²) >= 11 is 0. The molecule has 1 aromatic carbocycles. The fraction of sp³-hybridized carbons (Fsp3) is 0.692. The Balaban J connectivity index is 1.81. The molecule has 35 heavy (non-hydrogen) atoms. The fourth-order valence-electron chi connectivity index (χ4n) is 4.46. The van der Waals surface area contributed by atoms with Gasteiger partial charge < -0.3 is 34.6 Å². The van der Waals surface area contributed by atoms with E-state index < -0.39 is 41.8 Å². The minimum absolute atomic E-state index is 0.193. The van der Waals surface area contributed by atoms with Crippen molar-refractivity contribution < 1.29 is 34.0 Å². The lowest BCUT2D eigenvalue weighted by Crippen LogP contribution is -2.51. The quantitative estimate of drug-likeness (QED) is 0.485. The minimum atomic E-state index is -1.14. The van der Waals surface area contributed by atoms with Crippen molar-refractivity contribution in [3.8, 4) is 11.5 Å². The van der Waals surface area contributed by atoms with Crippen LogP contribution in [0.4, 0.5) is 4.79 Å². The molecule has 1 unspecified atom stereocenters. The van der Waals surface area contributed by atoms with Gasteiger partial charge in [-0.2, -0.15) is 0 Å². The highest BCUT2D eigenvalue weighted by Gasteiger charge is 2.49. The number of amides is 2. The summed E-state index contributed by atoms with van der Waals surface area (Å²) in [5, 5.41) is 23.0. The van der Waals surface area contributed by atoms with Gasteiger partial charge in [0.25, 0.3) is 0 Å². The van der Waals surface area contributed by atoms with Crippen LogP contribution in [-0.4, -0.2) is 78.3 Å². The second-order valence-electron chi connectivity index (χ2n) is 11.0. The molecule has 1 aliphatic heterocycles. The van der Waals surface area contributed by atoms with Crippen molar-refractivity contribution in [1.29, 1.82) is 0 Å². The molecule has 1 saturated heterocycles. The van der Waals surface area contributed by atoms with Gasteiger partial charge in [0.1, 0.15) is 11.6 Å². The van der Waals surface area contributed by atoms with Crippen LogP contribution < -0.4 is 14.8 Å². The van der Waals surface area contributed by atoms with Crippen molar-refractivity contribution in [2.24, 2.45) is 11.3 Å². The lowest BCUT2D eigenvalue weighted by atomic mass is 9.72. The van der Waals surface area contributed by atoms with Crippen LogP contribution in [0.15, 0.2) is 18.2 Å². The van der Waals surface area contributed by atoms with Crippen LogP contribution in [-0.2, 0) is 9.53 Å². The van der Waals surface area contributed by atoms with Crippen LogP contribution in [0.25, 0.3) is 0 Å². The van der Waals surface area contributed by atoms with Crippen molar-refractivity contribution in [3.63, 3.8) is 0 Å². The largest absolute Gasteiger partial charge is 0.493 e. The van der Waals surface area contributed by atoms with Gasteiger partial charge >= 0.3 is 6.09 Å². The number of alkyl carbamates (subject to hydrolysis) is 1. The van der Waals surface area contributed by atoms with Gasteiger partial charge in [-0.1, -0.05) is 13.0 Å². The maximum Gasteiger partial charge on any atom is 0.408 e. The Morgan fingerprint density at radius 2 is 1.94 bits per heavy atom. The smallest absolute Gasteiger partial charge is 0.408 e. The van der Waals surface area contributed by atoms with Gasteiger partial charge in [-0.25, -0.2) is 4.79 Å². The number of aliphatic hydroxyl groups excluding tert-OH is 2. The van der Waals surface area contributed by atoms with Crippen molar-refractivity contribution in [2.75, 3.05) is 33.4 Å². The molecule has 0 bridgehead atoms. The number of ether oxygens (including phenoxy) is 3. The number of rotatable bonds is 9. The number of aliphatic hydroxyl groups is 2. The highest BCUT2D eigenvalue weighted by Crippen LogP contribution is 2.47. The number of hydrogen-bond donors (Lipinski definition) is 3. The second kappa shape index (κ2) is 10.6. The molecular weight excluding hydrogens is 452 g/mol. The fourth-order valence-corrected chi connectivity index (χ4v) is 4.46. The SMILES string of the molecule is COc1ccc([C@@H]2CN(C(=O)[C@@H](CO)NC(=O)OC(C)(C)C)CC2(C)[C@@H](C)O)cc1OCC1CC1. The topological polar surface area (TPSA) is 118 Å². The lowest BCUT2D eigenvalue weighted by molar-refractivity contribution is -0.134. The zero-order valence-corrected chi connectivity index (χ0v) is 21.7. The predicted molar refractivity (Wildman–Crippen MR) is 131 cm³/mol. The Labute approximate surface area is 207 Å². The number of carbonyl (C=O) groups excluding carboxylic acids is 2. The van der Waals surface area contributed by atoms with E-state index in [-0.39, 0.29) is 12.5 Å². The number of hydrogen-bond acceptors (Lipinski definition) is 7. The summed E-state index contributed by atoms with van der Waals surface area (Å²) < 4.78 is 16.7. The predicted octanol–water partition coefficient (Wildman–Crippen LogP) is 2.68. The van der Waals surface area contributed by atoms with Gasteiger partial charge in [-0.3, -0.25) is 4.79 Å². The molecular formula is C26H40N2O7. The van der Waals surface area contributed by atoms with Crippen LogP contribution in [0.2, 0.25) is 0 Å². The Hall–Kier alpha value is -2.52. The Bertz CT molecular complexity index is 909. The number of benzene rings is 1. The molecule has 196 valence electrons. The Kier molecular flexibility index (Phi) is 8.21. The average molecular weight is 493 g/mol.